The van der Waals surface area contributed by atoms with Crippen LogP contribution in [0.2, 0.25) is 0 Å². The van der Waals surface area contributed by atoms with Crippen molar-refractivity contribution in [3.63, 3.8) is 0 Å². The lowest BCUT2D eigenvalue weighted by molar-refractivity contribution is -0.145. The van der Waals surface area contributed by atoms with E-state index in [1.165, 1.54) is 20.3 Å². The van der Waals surface area contributed by atoms with Gasteiger partial charge in [0.2, 0.25) is 0 Å². The summed E-state index contributed by atoms with van der Waals surface area (Å²) in [5.74, 6) is -1.62. The number of ether oxygens (including phenoxy) is 4. The maximum Gasteiger partial charge on any atom is 0.329 e. The molecule has 9 heteroatoms. The minimum absolute atomic E-state index is 0.0248. The molecule has 1 aliphatic heterocycles. The Labute approximate surface area is 197 Å². The van der Waals surface area contributed by atoms with Crippen molar-refractivity contribution in [1.29, 1.82) is 5.26 Å². The van der Waals surface area contributed by atoms with Gasteiger partial charge in [0.25, 0.3) is 0 Å². The van der Waals surface area contributed by atoms with E-state index in [-0.39, 0.29) is 35.3 Å². The molecule has 1 saturated carbocycles. The van der Waals surface area contributed by atoms with E-state index in [9.17, 15) is 15.2 Å². The van der Waals surface area contributed by atoms with Crippen molar-refractivity contribution >= 4 is 11.7 Å². The number of benzene rings is 2. The van der Waals surface area contributed by atoms with Crippen LogP contribution in [0.3, 0.4) is 0 Å². The maximum atomic E-state index is 15.5. The smallest absolute Gasteiger partial charge is 0.329 e. The number of nitrogens with one attached hydrogen (secondary N) is 1. The summed E-state index contributed by atoms with van der Waals surface area (Å²) in [6, 6.07) is 8.61. The van der Waals surface area contributed by atoms with Crippen LogP contribution in [0.25, 0.3) is 11.1 Å². The van der Waals surface area contributed by atoms with Gasteiger partial charge in [0.15, 0.2) is 11.6 Å². The summed E-state index contributed by atoms with van der Waals surface area (Å²) in [6.45, 7) is 0.929. The SMILES string of the molecule is COc1cc(-c2ccc(NC3(C(=O)O)CCOCC3)cc2COC2CC2)c(F)c(OC)c1C#N. The number of carbonyl (C=O) groups is 1. The first kappa shape index (κ1) is 23.8. The molecule has 4 rings (SSSR count). The first-order chi connectivity index (χ1) is 16.4. The molecular weight excluding hydrogens is 443 g/mol. The second kappa shape index (κ2) is 9.87. The zero-order valence-electron chi connectivity index (χ0n) is 19.2. The van der Waals surface area contributed by atoms with Gasteiger partial charge in [-0.15, -0.1) is 0 Å². The van der Waals surface area contributed by atoms with Gasteiger partial charge in [0.05, 0.1) is 26.9 Å². The van der Waals surface area contributed by atoms with Gasteiger partial charge in [-0.05, 0) is 42.2 Å². The molecule has 2 N–H and O–H groups in total. The molecule has 34 heavy (non-hydrogen) atoms. The van der Waals surface area contributed by atoms with Gasteiger partial charge in [-0.3, -0.25) is 0 Å². The molecule has 2 fully saturated rings. The zero-order chi connectivity index (χ0) is 24.3. The lowest BCUT2D eigenvalue weighted by Gasteiger charge is -2.35. The van der Waals surface area contributed by atoms with Crippen molar-refractivity contribution in [3.05, 3.63) is 41.2 Å². The molecule has 0 amide bonds. The molecule has 1 aliphatic carbocycles. The first-order valence-electron chi connectivity index (χ1n) is 11.1. The Balaban J connectivity index is 1.77. The van der Waals surface area contributed by atoms with Crippen LogP contribution >= 0.6 is 0 Å². The van der Waals surface area contributed by atoms with Gasteiger partial charge < -0.3 is 29.4 Å². The monoisotopic (exact) mass is 470 g/mol. The van der Waals surface area contributed by atoms with E-state index in [0.717, 1.165) is 12.8 Å². The van der Waals surface area contributed by atoms with Crippen molar-refractivity contribution in [3.8, 4) is 28.7 Å². The first-order valence-corrected chi connectivity index (χ1v) is 11.1. The summed E-state index contributed by atoms with van der Waals surface area (Å²) >= 11 is 0. The highest BCUT2D eigenvalue weighted by molar-refractivity contribution is 5.84. The van der Waals surface area contributed by atoms with E-state index in [1.54, 1.807) is 18.2 Å². The molecule has 0 atom stereocenters. The normalized spacial score (nSPS) is 17.0. The number of nitrogens with zero attached hydrogens (tertiary/aromatic N) is 1. The average Bonchev–Trinajstić information content (AvgIpc) is 3.68. The van der Waals surface area contributed by atoms with Crippen LogP contribution in [0.15, 0.2) is 24.3 Å². The maximum absolute atomic E-state index is 15.5. The molecule has 2 aromatic carbocycles. The van der Waals surface area contributed by atoms with Crippen molar-refractivity contribution in [1.82, 2.24) is 0 Å². The number of hydrogen-bond donors (Lipinski definition) is 2. The molecule has 0 bridgehead atoms. The number of methoxy groups -OCH3 is 2. The van der Waals surface area contributed by atoms with Gasteiger partial charge in [-0.1, -0.05) is 6.07 Å². The predicted octanol–water partition coefficient (Wildman–Crippen LogP) is 4.11. The average molecular weight is 470 g/mol. The number of aliphatic carboxylic acids is 1. The van der Waals surface area contributed by atoms with Crippen LogP contribution in [-0.4, -0.2) is 50.2 Å². The molecule has 0 aromatic heterocycles. The zero-order valence-corrected chi connectivity index (χ0v) is 19.2. The second-order valence-electron chi connectivity index (χ2n) is 8.47. The van der Waals surface area contributed by atoms with Crippen LogP contribution in [0.1, 0.15) is 36.8 Å². The van der Waals surface area contributed by atoms with Crippen LogP contribution in [0.5, 0.6) is 11.5 Å². The fourth-order valence-corrected chi connectivity index (χ4v) is 4.15. The highest BCUT2D eigenvalue weighted by atomic mass is 19.1. The quantitative estimate of drug-likeness (QED) is 0.564. The second-order valence-corrected chi connectivity index (χ2v) is 8.47. The number of hydrogen-bond acceptors (Lipinski definition) is 7. The largest absolute Gasteiger partial charge is 0.495 e. The van der Waals surface area contributed by atoms with E-state index in [2.05, 4.69) is 5.32 Å². The Hall–Kier alpha value is -3.35. The lowest BCUT2D eigenvalue weighted by atomic mass is 9.89. The number of halogens is 1. The third-order valence-electron chi connectivity index (χ3n) is 6.25. The van der Waals surface area contributed by atoms with E-state index >= 15 is 4.39 Å². The molecule has 2 aliphatic rings. The van der Waals surface area contributed by atoms with Crippen molar-refractivity contribution < 1.29 is 33.2 Å². The number of anilines is 1. The van der Waals surface area contributed by atoms with Crippen LogP contribution in [-0.2, 0) is 20.9 Å². The van der Waals surface area contributed by atoms with E-state index in [4.69, 9.17) is 18.9 Å². The summed E-state index contributed by atoms with van der Waals surface area (Å²) in [7, 11) is 2.70. The molecule has 180 valence electrons. The molecular formula is C25H27FN2O6. The van der Waals surface area contributed by atoms with Gasteiger partial charge in [0.1, 0.15) is 22.9 Å². The van der Waals surface area contributed by atoms with E-state index < -0.39 is 17.3 Å². The summed E-state index contributed by atoms with van der Waals surface area (Å²) in [6.07, 6.45) is 2.78. The van der Waals surface area contributed by atoms with Crippen molar-refractivity contribution in [2.24, 2.45) is 0 Å². The Bertz CT molecular complexity index is 1120. The van der Waals surface area contributed by atoms with Gasteiger partial charge in [-0.2, -0.15) is 5.26 Å². The Morgan fingerprint density at radius 1 is 1.24 bits per heavy atom. The van der Waals surface area contributed by atoms with Gasteiger partial charge in [-0.25, -0.2) is 9.18 Å². The Morgan fingerprint density at radius 2 is 1.97 bits per heavy atom. The minimum atomic E-state index is -1.14. The van der Waals surface area contributed by atoms with Crippen molar-refractivity contribution in [2.45, 2.75) is 43.9 Å². The van der Waals surface area contributed by atoms with Gasteiger partial charge >= 0.3 is 5.97 Å². The molecule has 2 aromatic rings. The molecule has 0 radical (unpaired) electrons. The summed E-state index contributed by atoms with van der Waals surface area (Å²) in [4.78, 5) is 12.1. The third-order valence-corrected chi connectivity index (χ3v) is 6.25. The van der Waals surface area contributed by atoms with Crippen LogP contribution < -0.4 is 14.8 Å². The summed E-state index contributed by atoms with van der Waals surface area (Å²) in [5, 5.41) is 22.5. The highest BCUT2D eigenvalue weighted by Crippen LogP contribution is 2.41. The van der Waals surface area contributed by atoms with Crippen molar-refractivity contribution in [2.75, 3.05) is 32.8 Å². The molecule has 0 spiro atoms. The molecule has 1 saturated heterocycles. The fourth-order valence-electron chi connectivity index (χ4n) is 4.15. The van der Waals surface area contributed by atoms with E-state index in [0.29, 0.717) is 42.9 Å². The number of carboxylic acid groups (broad SMARTS) is 1. The molecule has 0 unspecified atom stereocenters. The predicted molar refractivity (Wildman–Crippen MR) is 122 cm³/mol. The lowest BCUT2D eigenvalue weighted by Crippen LogP contribution is -2.50. The van der Waals surface area contributed by atoms with Gasteiger partial charge in [0, 0.05) is 37.3 Å². The summed E-state index contributed by atoms with van der Waals surface area (Å²) in [5.41, 5.74) is 0.852. The topological polar surface area (TPSA) is 110 Å². The van der Waals surface area contributed by atoms with Crippen LogP contribution in [0, 0.1) is 17.1 Å². The number of carboxylic acids is 1. The van der Waals surface area contributed by atoms with Crippen LogP contribution in [0.4, 0.5) is 10.1 Å². The molecule has 8 nitrogen and oxygen atoms in total. The number of rotatable bonds is 9. The number of nitriles is 1. The molecule has 1 heterocycles. The standard InChI is InChI=1S/C25H27FN2O6/c1-31-21-12-19(22(26)23(32-2)20(21)13-27)18-6-3-16(11-15(18)14-34-17-4-5-17)28-25(24(29)30)7-9-33-10-8-25/h3,6,11-12,17,28H,4-5,7-10,14H2,1-2H3,(H,29,30). The minimum Gasteiger partial charge on any atom is -0.495 e. The summed E-state index contributed by atoms with van der Waals surface area (Å²) < 4.78 is 37.2. The Kier molecular flexibility index (Phi) is 6.91. The highest BCUT2D eigenvalue weighted by Gasteiger charge is 2.40. The third kappa shape index (κ3) is 4.65. The Morgan fingerprint density at radius 3 is 2.56 bits per heavy atom. The van der Waals surface area contributed by atoms with E-state index in [1.807, 2.05) is 6.07 Å². The fraction of sp³-hybridized carbons (Fsp3) is 0.440.